The van der Waals surface area contributed by atoms with Gasteiger partial charge < -0.3 is 4.74 Å². The van der Waals surface area contributed by atoms with Gasteiger partial charge in [0.25, 0.3) is 0 Å². The predicted octanol–water partition coefficient (Wildman–Crippen LogP) is 1.95. The Balaban J connectivity index is 1.93. The molecule has 4 unspecified atom stereocenters. The van der Waals surface area contributed by atoms with E-state index in [0.717, 1.165) is 12.8 Å². The minimum Gasteiger partial charge on any atom is -0.457 e. The van der Waals surface area contributed by atoms with Crippen LogP contribution in [0, 0.1) is 29.1 Å². The number of carbonyl (C=O) groups is 1. The van der Waals surface area contributed by atoms with Crippen LogP contribution in [-0.4, -0.2) is 12.1 Å². The molecule has 0 aliphatic heterocycles. The summed E-state index contributed by atoms with van der Waals surface area (Å²) < 4.78 is 17.4. The van der Waals surface area contributed by atoms with Crippen molar-refractivity contribution in [3.63, 3.8) is 0 Å². The molecule has 0 aromatic rings. The minimum atomic E-state index is -1.05. The Kier molecular flexibility index (Phi) is 2.47. The second-order valence-electron chi connectivity index (χ2n) is 4.31. The van der Waals surface area contributed by atoms with E-state index < -0.39 is 11.8 Å². The molecule has 3 nitrogen and oxygen atoms in total. The molecular formula is C11H12FNO2. The highest BCUT2D eigenvalue weighted by Gasteiger charge is 2.47. The molecule has 2 aliphatic rings. The van der Waals surface area contributed by atoms with Gasteiger partial charge in [-0.25, -0.2) is 4.79 Å². The number of rotatable bonds is 2. The molecule has 15 heavy (non-hydrogen) atoms. The van der Waals surface area contributed by atoms with Gasteiger partial charge in [-0.2, -0.15) is 9.65 Å². The number of nitrogens with zero attached hydrogens (tertiary/aromatic N) is 1. The summed E-state index contributed by atoms with van der Waals surface area (Å²) in [5.41, 5.74) is 0. The van der Waals surface area contributed by atoms with E-state index >= 15 is 0 Å². The fourth-order valence-electron chi connectivity index (χ4n) is 2.73. The van der Waals surface area contributed by atoms with Gasteiger partial charge in [-0.3, -0.25) is 0 Å². The zero-order chi connectivity index (χ0) is 11.0. The Morgan fingerprint density at radius 3 is 2.60 bits per heavy atom. The number of hydrogen-bond acceptors (Lipinski definition) is 3. The van der Waals surface area contributed by atoms with Crippen LogP contribution in [0.25, 0.3) is 0 Å². The second kappa shape index (κ2) is 3.65. The Labute approximate surface area is 87.5 Å². The van der Waals surface area contributed by atoms with Crippen LogP contribution in [-0.2, 0) is 9.53 Å². The standard InChI is InChI=1S/C11H12FNO2/c1-6(12)11(14)15-10-4-7-2-8(10)3-9(7)5-13/h7-10H,1-4H2. The Morgan fingerprint density at radius 1 is 1.40 bits per heavy atom. The molecule has 0 spiro atoms. The van der Waals surface area contributed by atoms with E-state index in [0.29, 0.717) is 12.3 Å². The molecule has 2 rings (SSSR count). The molecule has 0 amide bonds. The summed E-state index contributed by atoms with van der Waals surface area (Å²) in [5, 5.41) is 8.81. The third-order valence-corrected chi connectivity index (χ3v) is 3.44. The van der Waals surface area contributed by atoms with Gasteiger partial charge in [0.1, 0.15) is 6.10 Å². The van der Waals surface area contributed by atoms with Crippen molar-refractivity contribution >= 4 is 5.97 Å². The fraction of sp³-hybridized carbons (Fsp3) is 0.636. The number of esters is 1. The molecule has 4 heteroatoms. The van der Waals surface area contributed by atoms with Gasteiger partial charge in [0, 0.05) is 5.92 Å². The molecule has 2 saturated carbocycles. The van der Waals surface area contributed by atoms with Gasteiger partial charge in [0.15, 0.2) is 0 Å². The summed E-state index contributed by atoms with van der Waals surface area (Å²) in [6, 6.07) is 2.26. The van der Waals surface area contributed by atoms with Crippen LogP contribution in [0.2, 0.25) is 0 Å². The molecule has 0 radical (unpaired) electrons. The summed E-state index contributed by atoms with van der Waals surface area (Å²) in [7, 11) is 0. The van der Waals surface area contributed by atoms with E-state index in [4.69, 9.17) is 10.00 Å². The zero-order valence-corrected chi connectivity index (χ0v) is 8.28. The van der Waals surface area contributed by atoms with Crippen LogP contribution in [0.3, 0.4) is 0 Å². The molecule has 2 fully saturated rings. The Morgan fingerprint density at radius 2 is 2.13 bits per heavy atom. The van der Waals surface area contributed by atoms with Gasteiger partial charge in [0.2, 0.25) is 5.83 Å². The third-order valence-electron chi connectivity index (χ3n) is 3.44. The maximum absolute atomic E-state index is 12.4. The number of halogens is 1. The largest absolute Gasteiger partial charge is 0.457 e. The fourth-order valence-corrected chi connectivity index (χ4v) is 2.73. The summed E-state index contributed by atoms with van der Waals surface area (Å²) in [4.78, 5) is 11.0. The van der Waals surface area contributed by atoms with E-state index in [9.17, 15) is 9.18 Å². The van der Waals surface area contributed by atoms with Crippen molar-refractivity contribution < 1.29 is 13.9 Å². The smallest absolute Gasteiger partial charge is 0.366 e. The first-order chi connectivity index (χ1) is 7.11. The van der Waals surface area contributed by atoms with Crippen molar-refractivity contribution in [2.75, 3.05) is 0 Å². The molecule has 2 bridgehead atoms. The summed E-state index contributed by atoms with van der Waals surface area (Å²) in [6.07, 6.45) is 2.19. The van der Waals surface area contributed by atoms with Crippen LogP contribution < -0.4 is 0 Å². The van der Waals surface area contributed by atoms with Crippen LogP contribution in [0.15, 0.2) is 12.4 Å². The summed E-state index contributed by atoms with van der Waals surface area (Å²) >= 11 is 0. The topological polar surface area (TPSA) is 50.1 Å². The van der Waals surface area contributed by atoms with Crippen LogP contribution in [0.5, 0.6) is 0 Å². The van der Waals surface area contributed by atoms with Crippen molar-refractivity contribution in [2.24, 2.45) is 17.8 Å². The monoisotopic (exact) mass is 209 g/mol. The molecule has 0 aromatic carbocycles. The maximum atomic E-state index is 12.4. The van der Waals surface area contributed by atoms with Gasteiger partial charge >= 0.3 is 5.97 Å². The first kappa shape index (κ1) is 10.2. The number of carbonyl (C=O) groups excluding carboxylic acids is 1. The highest BCUT2D eigenvalue weighted by molar-refractivity contribution is 5.85. The average molecular weight is 209 g/mol. The zero-order valence-electron chi connectivity index (χ0n) is 8.28. The van der Waals surface area contributed by atoms with Crippen LogP contribution in [0.1, 0.15) is 19.3 Å². The second-order valence-corrected chi connectivity index (χ2v) is 4.31. The van der Waals surface area contributed by atoms with Crippen molar-refractivity contribution in [3.05, 3.63) is 12.4 Å². The minimum absolute atomic E-state index is 0.0959. The molecule has 0 saturated heterocycles. The van der Waals surface area contributed by atoms with E-state index in [-0.39, 0.29) is 17.9 Å². The van der Waals surface area contributed by atoms with Crippen LogP contribution in [0.4, 0.5) is 4.39 Å². The average Bonchev–Trinajstić information content (AvgIpc) is 2.75. The van der Waals surface area contributed by atoms with E-state index in [1.165, 1.54) is 0 Å². The summed E-state index contributed by atoms with van der Waals surface area (Å²) in [5.74, 6) is -1.34. The molecule has 80 valence electrons. The quantitative estimate of drug-likeness (QED) is 0.516. The van der Waals surface area contributed by atoms with E-state index in [2.05, 4.69) is 12.6 Å². The number of fused-ring (bicyclic) bond motifs is 2. The molecule has 4 atom stereocenters. The lowest BCUT2D eigenvalue weighted by atomic mass is 9.88. The van der Waals surface area contributed by atoms with Gasteiger partial charge in [-0.15, -0.1) is 0 Å². The number of ether oxygens (including phenoxy) is 1. The Bertz CT molecular complexity index is 347. The normalized spacial score (nSPS) is 37.3. The van der Waals surface area contributed by atoms with E-state index in [1.807, 2.05) is 0 Å². The predicted molar refractivity (Wildman–Crippen MR) is 50.1 cm³/mol. The maximum Gasteiger partial charge on any atom is 0.366 e. The molecule has 2 aliphatic carbocycles. The van der Waals surface area contributed by atoms with Crippen LogP contribution >= 0.6 is 0 Å². The van der Waals surface area contributed by atoms with Gasteiger partial charge in [-0.1, -0.05) is 6.58 Å². The van der Waals surface area contributed by atoms with Crippen molar-refractivity contribution in [3.8, 4) is 6.07 Å². The van der Waals surface area contributed by atoms with Gasteiger partial charge in [0.05, 0.1) is 6.07 Å². The van der Waals surface area contributed by atoms with Crippen molar-refractivity contribution in [1.82, 2.24) is 0 Å². The third kappa shape index (κ3) is 1.74. The number of hydrogen-bond donors (Lipinski definition) is 0. The molecule has 0 aromatic heterocycles. The highest BCUT2D eigenvalue weighted by Crippen LogP contribution is 2.49. The SMILES string of the molecule is C=C(F)C(=O)OC1CC2CC1CC2C#N. The number of nitriles is 1. The molecule has 0 N–H and O–H groups in total. The lowest BCUT2D eigenvalue weighted by Crippen LogP contribution is -2.26. The first-order valence-electron chi connectivity index (χ1n) is 5.06. The molecular weight excluding hydrogens is 197 g/mol. The molecule has 0 heterocycles. The Hall–Kier alpha value is -1.37. The van der Waals surface area contributed by atoms with E-state index in [1.54, 1.807) is 0 Å². The lowest BCUT2D eigenvalue weighted by molar-refractivity contribution is -0.148. The summed E-state index contributed by atoms with van der Waals surface area (Å²) in [6.45, 7) is 2.90. The first-order valence-corrected chi connectivity index (χ1v) is 5.06. The lowest BCUT2D eigenvalue weighted by Gasteiger charge is -2.23. The highest BCUT2D eigenvalue weighted by atomic mass is 19.1. The van der Waals surface area contributed by atoms with Crippen molar-refractivity contribution in [1.29, 1.82) is 5.26 Å². The van der Waals surface area contributed by atoms with Crippen molar-refractivity contribution in [2.45, 2.75) is 25.4 Å². The van der Waals surface area contributed by atoms with Gasteiger partial charge in [-0.05, 0) is 31.1 Å².